The Labute approximate surface area is 196 Å². The van der Waals surface area contributed by atoms with E-state index in [2.05, 4.69) is 0 Å². The van der Waals surface area contributed by atoms with Crippen LogP contribution in [0.3, 0.4) is 0 Å². The van der Waals surface area contributed by atoms with Gasteiger partial charge in [-0.1, -0.05) is 12.1 Å². The van der Waals surface area contributed by atoms with Gasteiger partial charge >= 0.3 is 0 Å². The Bertz CT molecular complexity index is 1250. The normalized spacial score (nSPS) is 14.8. The molecule has 2 heterocycles. The Kier molecular flexibility index (Phi) is 6.68. The molecule has 0 aliphatic carbocycles. The van der Waals surface area contributed by atoms with E-state index in [0.717, 1.165) is 10.4 Å². The Hall–Kier alpha value is -2.95. The molecule has 33 heavy (non-hydrogen) atoms. The molecule has 1 saturated heterocycles. The van der Waals surface area contributed by atoms with Crippen LogP contribution in [0.1, 0.15) is 9.67 Å². The minimum atomic E-state index is -3.74. The first-order valence-corrected chi connectivity index (χ1v) is 12.5. The van der Waals surface area contributed by atoms with Crippen molar-refractivity contribution in [3.05, 3.63) is 65.3 Å². The summed E-state index contributed by atoms with van der Waals surface area (Å²) < 4.78 is 51.1. The molecule has 4 rings (SSSR count). The van der Waals surface area contributed by atoms with Gasteiger partial charge in [0, 0.05) is 37.1 Å². The summed E-state index contributed by atoms with van der Waals surface area (Å²) in [5.74, 6) is 0.328. The van der Waals surface area contributed by atoms with Crippen LogP contribution in [-0.4, -0.2) is 63.9 Å². The van der Waals surface area contributed by atoms with Gasteiger partial charge in [-0.3, -0.25) is 4.79 Å². The van der Waals surface area contributed by atoms with E-state index in [0.29, 0.717) is 16.4 Å². The van der Waals surface area contributed by atoms with E-state index in [4.69, 9.17) is 9.47 Å². The van der Waals surface area contributed by atoms with Crippen LogP contribution in [0.5, 0.6) is 11.5 Å². The predicted octanol–water partition coefficient (Wildman–Crippen LogP) is 3.72. The third-order valence-corrected chi connectivity index (χ3v) is 8.48. The SMILES string of the molecule is COc1ccc(S(=O)(=O)N2CCN(C(=O)c3ccc(-c4ccc(F)cc4)s3)CC2)cc1OC. The molecule has 0 saturated carbocycles. The van der Waals surface area contributed by atoms with Gasteiger partial charge < -0.3 is 14.4 Å². The molecule has 3 aromatic rings. The highest BCUT2D eigenvalue weighted by molar-refractivity contribution is 7.89. The fraction of sp³-hybridized carbons (Fsp3) is 0.261. The summed E-state index contributed by atoms with van der Waals surface area (Å²) in [6, 6.07) is 14.2. The van der Waals surface area contributed by atoms with Crippen molar-refractivity contribution in [3.63, 3.8) is 0 Å². The van der Waals surface area contributed by atoms with Crippen molar-refractivity contribution in [3.8, 4) is 21.9 Å². The molecular weight excluding hydrogens is 467 g/mol. The monoisotopic (exact) mass is 490 g/mol. The van der Waals surface area contributed by atoms with Crippen LogP contribution in [0.25, 0.3) is 10.4 Å². The molecule has 0 N–H and O–H groups in total. The van der Waals surface area contributed by atoms with E-state index in [1.54, 1.807) is 29.2 Å². The Morgan fingerprint density at radius 3 is 2.21 bits per heavy atom. The van der Waals surface area contributed by atoms with E-state index in [9.17, 15) is 17.6 Å². The second-order valence-electron chi connectivity index (χ2n) is 7.38. The highest BCUT2D eigenvalue weighted by Crippen LogP contribution is 2.32. The minimum absolute atomic E-state index is 0.113. The molecule has 7 nitrogen and oxygen atoms in total. The van der Waals surface area contributed by atoms with E-state index in [-0.39, 0.29) is 42.8 Å². The highest BCUT2D eigenvalue weighted by atomic mass is 32.2. The molecule has 1 aliphatic heterocycles. The summed E-state index contributed by atoms with van der Waals surface area (Å²) in [6.45, 7) is 0.960. The van der Waals surface area contributed by atoms with E-state index in [1.807, 2.05) is 6.07 Å². The van der Waals surface area contributed by atoms with Crippen LogP contribution in [0.2, 0.25) is 0 Å². The fourth-order valence-electron chi connectivity index (χ4n) is 3.64. The van der Waals surface area contributed by atoms with Gasteiger partial charge in [0.2, 0.25) is 10.0 Å². The molecular formula is C23H23FN2O5S2. The minimum Gasteiger partial charge on any atom is -0.493 e. The topological polar surface area (TPSA) is 76.2 Å². The Balaban J connectivity index is 1.43. The number of carbonyl (C=O) groups excluding carboxylic acids is 1. The van der Waals surface area contributed by atoms with Crippen LogP contribution in [-0.2, 0) is 10.0 Å². The maximum absolute atomic E-state index is 13.2. The van der Waals surface area contributed by atoms with Crippen LogP contribution in [0.15, 0.2) is 59.5 Å². The molecule has 0 radical (unpaired) electrons. The first kappa shape index (κ1) is 23.2. The third-order valence-electron chi connectivity index (χ3n) is 5.46. The van der Waals surface area contributed by atoms with Crippen LogP contribution in [0, 0.1) is 5.82 Å². The van der Waals surface area contributed by atoms with Gasteiger partial charge in [-0.25, -0.2) is 12.8 Å². The lowest BCUT2D eigenvalue weighted by molar-refractivity contribution is 0.0703. The molecule has 1 fully saturated rings. The van der Waals surface area contributed by atoms with Crippen molar-refractivity contribution in [2.45, 2.75) is 4.90 Å². The van der Waals surface area contributed by atoms with Gasteiger partial charge in [0.25, 0.3) is 5.91 Å². The molecule has 0 unspecified atom stereocenters. The van der Waals surface area contributed by atoms with Gasteiger partial charge in [-0.2, -0.15) is 4.31 Å². The first-order chi connectivity index (χ1) is 15.8. The average molecular weight is 491 g/mol. The summed E-state index contributed by atoms with van der Waals surface area (Å²) in [7, 11) is -0.803. The molecule has 0 atom stereocenters. The van der Waals surface area contributed by atoms with E-state index >= 15 is 0 Å². The van der Waals surface area contributed by atoms with Crippen LogP contribution in [0.4, 0.5) is 4.39 Å². The number of halogens is 1. The number of nitrogens with zero attached hydrogens (tertiary/aromatic N) is 2. The van der Waals surface area contributed by atoms with Crippen molar-refractivity contribution >= 4 is 27.3 Å². The van der Waals surface area contributed by atoms with Crippen molar-refractivity contribution in [1.82, 2.24) is 9.21 Å². The molecule has 2 aromatic carbocycles. The second-order valence-corrected chi connectivity index (χ2v) is 10.4. The maximum atomic E-state index is 13.2. The molecule has 174 valence electrons. The van der Waals surface area contributed by atoms with Gasteiger partial charge in [0.05, 0.1) is 24.0 Å². The highest BCUT2D eigenvalue weighted by Gasteiger charge is 2.31. The van der Waals surface area contributed by atoms with Crippen molar-refractivity contribution in [1.29, 1.82) is 0 Å². The second kappa shape index (κ2) is 9.50. The Morgan fingerprint density at radius 1 is 0.909 bits per heavy atom. The lowest BCUT2D eigenvalue weighted by Crippen LogP contribution is -2.50. The number of rotatable bonds is 6. The zero-order valence-corrected chi connectivity index (χ0v) is 19.8. The fourth-order valence-corrected chi connectivity index (χ4v) is 6.05. The lowest BCUT2D eigenvalue weighted by Gasteiger charge is -2.33. The van der Waals surface area contributed by atoms with E-state index in [1.165, 1.54) is 54.1 Å². The number of sulfonamides is 1. The van der Waals surface area contributed by atoms with Crippen molar-refractivity contribution in [2.75, 3.05) is 40.4 Å². The summed E-state index contributed by atoms with van der Waals surface area (Å²) in [6.07, 6.45) is 0. The zero-order valence-electron chi connectivity index (χ0n) is 18.2. The number of thiophene rings is 1. The molecule has 1 amide bonds. The number of methoxy groups -OCH3 is 2. The van der Waals surface area contributed by atoms with Crippen LogP contribution >= 0.6 is 11.3 Å². The molecule has 1 aromatic heterocycles. The molecule has 10 heteroatoms. The summed E-state index contributed by atoms with van der Waals surface area (Å²) >= 11 is 1.33. The Morgan fingerprint density at radius 2 is 1.58 bits per heavy atom. The summed E-state index contributed by atoms with van der Waals surface area (Å²) in [4.78, 5) is 16.2. The van der Waals surface area contributed by atoms with E-state index < -0.39 is 10.0 Å². The summed E-state index contributed by atoms with van der Waals surface area (Å²) in [5.41, 5.74) is 0.839. The van der Waals surface area contributed by atoms with Gasteiger partial charge in [0.15, 0.2) is 11.5 Å². The van der Waals surface area contributed by atoms with Crippen LogP contribution < -0.4 is 9.47 Å². The number of piperazine rings is 1. The predicted molar refractivity (Wildman–Crippen MR) is 124 cm³/mol. The first-order valence-electron chi connectivity index (χ1n) is 10.2. The van der Waals surface area contributed by atoms with Gasteiger partial charge in [0.1, 0.15) is 5.82 Å². The smallest absolute Gasteiger partial charge is 0.264 e. The number of hydrogen-bond acceptors (Lipinski definition) is 6. The van der Waals surface area contributed by atoms with Crippen molar-refractivity contribution in [2.24, 2.45) is 0 Å². The molecule has 0 spiro atoms. The third kappa shape index (κ3) is 4.73. The lowest BCUT2D eigenvalue weighted by atomic mass is 10.2. The molecule has 1 aliphatic rings. The standard InChI is InChI=1S/C23H23FN2O5S2/c1-30-19-8-7-18(15-20(19)31-2)33(28,29)26-13-11-25(12-14-26)23(27)22-10-9-21(32-22)16-3-5-17(24)6-4-16/h3-10,15H,11-14H2,1-2H3. The largest absolute Gasteiger partial charge is 0.493 e. The number of carbonyl (C=O) groups is 1. The number of ether oxygens (including phenoxy) is 2. The maximum Gasteiger partial charge on any atom is 0.264 e. The van der Waals surface area contributed by atoms with Gasteiger partial charge in [-0.15, -0.1) is 11.3 Å². The summed E-state index contributed by atoms with van der Waals surface area (Å²) in [5, 5.41) is 0. The van der Waals surface area contributed by atoms with Gasteiger partial charge in [-0.05, 0) is 42.0 Å². The van der Waals surface area contributed by atoms with Crippen molar-refractivity contribution < 1.29 is 27.1 Å². The number of hydrogen-bond donors (Lipinski definition) is 0. The zero-order chi connectivity index (χ0) is 23.6. The number of benzene rings is 2. The average Bonchev–Trinajstić information content (AvgIpc) is 3.34. The number of amides is 1. The quantitative estimate of drug-likeness (QED) is 0.527. The molecule has 0 bridgehead atoms.